The van der Waals surface area contributed by atoms with Crippen LogP contribution in [0.2, 0.25) is 0 Å². The Morgan fingerprint density at radius 3 is 2.54 bits per heavy atom. The van der Waals surface area contributed by atoms with Gasteiger partial charge in [-0.25, -0.2) is 0 Å². The first kappa shape index (κ1) is 12.4. The predicted molar refractivity (Wildman–Crippen MR) is 56.8 cm³/mol. The van der Waals surface area contributed by atoms with Gasteiger partial charge in [0, 0.05) is 12.8 Å². The fourth-order valence-corrected chi connectivity index (χ4v) is 1.06. The third-order valence-corrected chi connectivity index (χ3v) is 1.92. The van der Waals surface area contributed by atoms with Crippen LogP contribution in [-0.4, -0.2) is 18.9 Å². The number of rotatable bonds is 8. The molecule has 1 N–H and O–H groups in total. The minimum Gasteiger partial charge on any atom is -0.316 e. The summed E-state index contributed by atoms with van der Waals surface area (Å²) in [6, 6.07) is 0. The number of Topliss-reactive ketones (excluding diaryl/α,β-unsaturated/α-hetero) is 1. The van der Waals surface area contributed by atoms with E-state index in [-0.39, 0.29) is 0 Å². The van der Waals surface area contributed by atoms with Crippen LogP contribution in [0, 0.1) is 0 Å². The molecule has 2 heteroatoms. The Morgan fingerprint density at radius 1 is 1.31 bits per heavy atom. The molecule has 0 rings (SSSR count). The van der Waals surface area contributed by atoms with Crippen molar-refractivity contribution in [2.45, 2.75) is 39.5 Å². The maximum atomic E-state index is 11.0. The standard InChI is InChI=1S/C11H21NO/c1-4-7-12-8-6-10(3)9-11(13)5-2/h12H,3-9H2,1-2H3. The lowest BCUT2D eigenvalue weighted by molar-refractivity contribution is -0.118. The molecule has 2 nitrogen and oxygen atoms in total. The highest BCUT2D eigenvalue weighted by molar-refractivity contribution is 5.80. The van der Waals surface area contributed by atoms with E-state index < -0.39 is 0 Å². The van der Waals surface area contributed by atoms with Crippen molar-refractivity contribution in [2.24, 2.45) is 0 Å². The van der Waals surface area contributed by atoms with Gasteiger partial charge in [0.05, 0.1) is 0 Å². The van der Waals surface area contributed by atoms with E-state index in [0.29, 0.717) is 18.6 Å². The highest BCUT2D eigenvalue weighted by Crippen LogP contribution is 2.04. The molecule has 0 aromatic rings. The van der Waals surface area contributed by atoms with Crippen molar-refractivity contribution >= 4 is 5.78 Å². The molecule has 0 heterocycles. The number of carbonyl (C=O) groups is 1. The Labute approximate surface area is 81.4 Å². The summed E-state index contributed by atoms with van der Waals surface area (Å²) in [5, 5.41) is 3.29. The molecular formula is C11H21NO. The number of nitrogens with one attached hydrogen (secondary N) is 1. The van der Waals surface area contributed by atoms with Gasteiger partial charge in [-0.1, -0.05) is 26.0 Å². The Balaban J connectivity index is 3.35. The number of hydrogen-bond acceptors (Lipinski definition) is 2. The van der Waals surface area contributed by atoms with Crippen molar-refractivity contribution in [3.8, 4) is 0 Å². The van der Waals surface area contributed by atoms with E-state index in [1.807, 2.05) is 6.92 Å². The maximum Gasteiger partial charge on any atom is 0.136 e. The average Bonchev–Trinajstić information content (AvgIpc) is 2.12. The zero-order valence-electron chi connectivity index (χ0n) is 8.86. The Morgan fingerprint density at radius 2 is 2.00 bits per heavy atom. The van der Waals surface area contributed by atoms with E-state index in [4.69, 9.17) is 0 Å². The minimum atomic E-state index is 0.292. The highest BCUT2D eigenvalue weighted by Gasteiger charge is 2.00. The topological polar surface area (TPSA) is 29.1 Å². The van der Waals surface area contributed by atoms with Gasteiger partial charge in [0.15, 0.2) is 0 Å². The Kier molecular flexibility index (Phi) is 7.60. The summed E-state index contributed by atoms with van der Waals surface area (Å²) in [6.07, 6.45) is 3.26. The molecule has 0 aromatic heterocycles. The Bertz CT molecular complexity index is 163. The summed E-state index contributed by atoms with van der Waals surface area (Å²) in [7, 11) is 0. The van der Waals surface area contributed by atoms with Gasteiger partial charge in [0.25, 0.3) is 0 Å². The molecule has 0 aromatic carbocycles. The zero-order chi connectivity index (χ0) is 10.1. The van der Waals surface area contributed by atoms with Crippen molar-refractivity contribution in [1.82, 2.24) is 5.32 Å². The number of ketones is 1. The third-order valence-electron chi connectivity index (χ3n) is 1.92. The summed E-state index contributed by atoms with van der Waals surface area (Å²) in [4.78, 5) is 11.0. The highest BCUT2D eigenvalue weighted by atomic mass is 16.1. The molecule has 0 aliphatic carbocycles. The van der Waals surface area contributed by atoms with Gasteiger partial charge in [-0.05, 0) is 25.9 Å². The average molecular weight is 183 g/mol. The summed E-state index contributed by atoms with van der Waals surface area (Å²) in [5.74, 6) is 0.292. The molecule has 0 spiro atoms. The maximum absolute atomic E-state index is 11.0. The third kappa shape index (κ3) is 7.72. The van der Waals surface area contributed by atoms with Gasteiger partial charge in [-0.2, -0.15) is 0 Å². The summed E-state index contributed by atoms with van der Waals surface area (Å²) in [5.41, 5.74) is 1.05. The fraction of sp³-hybridized carbons (Fsp3) is 0.727. The number of carbonyl (C=O) groups excluding carboxylic acids is 1. The number of hydrogen-bond donors (Lipinski definition) is 1. The van der Waals surface area contributed by atoms with E-state index in [9.17, 15) is 4.79 Å². The molecule has 13 heavy (non-hydrogen) atoms. The van der Waals surface area contributed by atoms with E-state index in [0.717, 1.165) is 31.5 Å². The molecule has 0 saturated heterocycles. The lowest BCUT2D eigenvalue weighted by Gasteiger charge is -2.04. The second-order valence-electron chi connectivity index (χ2n) is 3.32. The van der Waals surface area contributed by atoms with Crippen LogP contribution in [0.25, 0.3) is 0 Å². The van der Waals surface area contributed by atoms with E-state index >= 15 is 0 Å². The summed E-state index contributed by atoms with van der Waals surface area (Å²) >= 11 is 0. The molecule has 0 fully saturated rings. The lowest BCUT2D eigenvalue weighted by Crippen LogP contribution is -2.16. The first-order valence-corrected chi connectivity index (χ1v) is 5.09. The van der Waals surface area contributed by atoms with E-state index in [2.05, 4.69) is 18.8 Å². The van der Waals surface area contributed by atoms with Crippen molar-refractivity contribution < 1.29 is 4.79 Å². The first-order chi connectivity index (χ1) is 6.20. The van der Waals surface area contributed by atoms with Crippen molar-refractivity contribution in [1.29, 1.82) is 0 Å². The van der Waals surface area contributed by atoms with Gasteiger partial charge >= 0.3 is 0 Å². The largest absolute Gasteiger partial charge is 0.316 e. The van der Waals surface area contributed by atoms with Crippen molar-refractivity contribution in [3.05, 3.63) is 12.2 Å². The quantitative estimate of drug-likeness (QED) is 0.462. The van der Waals surface area contributed by atoms with Crippen LogP contribution >= 0.6 is 0 Å². The van der Waals surface area contributed by atoms with Crippen LogP contribution in [-0.2, 0) is 4.79 Å². The summed E-state index contributed by atoms with van der Waals surface area (Å²) in [6.45, 7) is 9.91. The van der Waals surface area contributed by atoms with Gasteiger partial charge in [-0.15, -0.1) is 0 Å². The molecule has 0 aliphatic rings. The van der Waals surface area contributed by atoms with E-state index in [1.54, 1.807) is 0 Å². The first-order valence-electron chi connectivity index (χ1n) is 5.09. The zero-order valence-corrected chi connectivity index (χ0v) is 8.86. The lowest BCUT2D eigenvalue weighted by atomic mass is 10.1. The van der Waals surface area contributed by atoms with Gasteiger partial charge in [0.2, 0.25) is 0 Å². The monoisotopic (exact) mass is 183 g/mol. The van der Waals surface area contributed by atoms with Crippen LogP contribution in [0.4, 0.5) is 0 Å². The summed E-state index contributed by atoms with van der Waals surface area (Å²) < 4.78 is 0. The molecule has 0 bridgehead atoms. The smallest absolute Gasteiger partial charge is 0.136 e. The molecular weight excluding hydrogens is 162 g/mol. The van der Waals surface area contributed by atoms with E-state index in [1.165, 1.54) is 0 Å². The van der Waals surface area contributed by atoms with Crippen LogP contribution in [0.1, 0.15) is 39.5 Å². The molecule has 0 amide bonds. The van der Waals surface area contributed by atoms with Crippen molar-refractivity contribution in [3.63, 3.8) is 0 Å². The molecule has 76 valence electrons. The second-order valence-corrected chi connectivity index (χ2v) is 3.32. The molecule has 0 radical (unpaired) electrons. The van der Waals surface area contributed by atoms with Gasteiger partial charge in [0.1, 0.15) is 5.78 Å². The van der Waals surface area contributed by atoms with Gasteiger partial charge in [-0.3, -0.25) is 4.79 Å². The molecule has 0 saturated carbocycles. The fourth-order valence-electron chi connectivity index (χ4n) is 1.06. The normalized spacial score (nSPS) is 10.0. The molecule has 0 unspecified atom stereocenters. The minimum absolute atomic E-state index is 0.292. The molecule has 0 aliphatic heterocycles. The van der Waals surface area contributed by atoms with Crippen LogP contribution in [0.5, 0.6) is 0 Å². The SMILES string of the molecule is C=C(CCNCCC)CC(=O)CC. The Hall–Kier alpha value is -0.630. The second kappa shape index (κ2) is 7.99. The van der Waals surface area contributed by atoms with Crippen molar-refractivity contribution in [2.75, 3.05) is 13.1 Å². The molecule has 0 atom stereocenters. The predicted octanol–water partition coefficient (Wildman–Crippen LogP) is 2.30. The van der Waals surface area contributed by atoms with Gasteiger partial charge < -0.3 is 5.32 Å². The van der Waals surface area contributed by atoms with Crippen LogP contribution < -0.4 is 5.32 Å². The van der Waals surface area contributed by atoms with Crippen LogP contribution in [0.15, 0.2) is 12.2 Å². The van der Waals surface area contributed by atoms with Crippen LogP contribution in [0.3, 0.4) is 0 Å².